The Hall–Kier alpha value is -0.570. The third-order valence-electron chi connectivity index (χ3n) is 2.75. The van der Waals surface area contributed by atoms with E-state index in [9.17, 15) is 4.79 Å². The largest absolute Gasteiger partial charge is 0.468 e. The number of hydrogen-bond acceptors (Lipinski definition) is 3. The third kappa shape index (κ3) is 2.47. The predicted molar refractivity (Wildman–Crippen MR) is 56.1 cm³/mol. The molecular weight excluding hydrogens is 178 g/mol. The van der Waals surface area contributed by atoms with Crippen LogP contribution >= 0.6 is 0 Å². The Balaban J connectivity index is 2.75. The Labute approximate surface area is 86.4 Å². The lowest BCUT2D eigenvalue weighted by atomic mass is 9.86. The van der Waals surface area contributed by atoms with Crippen molar-refractivity contribution in [3.8, 4) is 0 Å². The van der Waals surface area contributed by atoms with E-state index in [-0.39, 0.29) is 17.4 Å². The van der Waals surface area contributed by atoms with Crippen molar-refractivity contribution in [1.82, 2.24) is 4.90 Å². The van der Waals surface area contributed by atoms with Gasteiger partial charge < -0.3 is 4.74 Å². The Bertz CT molecular complexity index is 202. The number of ether oxygens (including phenoxy) is 1. The molecular formula is C11H21NO2. The number of carbonyl (C=O) groups excluding carboxylic acids is 1. The smallest absolute Gasteiger partial charge is 0.323 e. The maximum Gasteiger partial charge on any atom is 0.323 e. The van der Waals surface area contributed by atoms with Crippen molar-refractivity contribution in [2.24, 2.45) is 5.41 Å². The summed E-state index contributed by atoms with van der Waals surface area (Å²) in [5, 5.41) is 0. The van der Waals surface area contributed by atoms with Gasteiger partial charge in [-0.05, 0) is 31.3 Å². The van der Waals surface area contributed by atoms with Gasteiger partial charge in [0, 0.05) is 0 Å². The number of hydrogen-bond donors (Lipinski definition) is 0. The van der Waals surface area contributed by atoms with E-state index in [2.05, 4.69) is 25.7 Å². The molecule has 1 atom stereocenters. The highest BCUT2D eigenvalue weighted by molar-refractivity contribution is 5.76. The second kappa shape index (κ2) is 4.30. The van der Waals surface area contributed by atoms with Crippen LogP contribution in [0.2, 0.25) is 0 Å². The van der Waals surface area contributed by atoms with E-state index in [1.165, 1.54) is 20.0 Å². The zero-order valence-electron chi connectivity index (χ0n) is 9.67. The quantitative estimate of drug-likeness (QED) is 0.634. The van der Waals surface area contributed by atoms with Gasteiger partial charge in [0.15, 0.2) is 0 Å². The second-order valence-electron chi connectivity index (χ2n) is 5.03. The van der Waals surface area contributed by atoms with Crippen LogP contribution in [0.15, 0.2) is 0 Å². The van der Waals surface area contributed by atoms with Crippen molar-refractivity contribution in [1.29, 1.82) is 0 Å². The topological polar surface area (TPSA) is 29.5 Å². The molecule has 0 N–H and O–H groups in total. The molecule has 82 valence electrons. The number of nitrogens with zero attached hydrogens (tertiary/aromatic N) is 1. The molecule has 1 rings (SSSR count). The van der Waals surface area contributed by atoms with Crippen LogP contribution in [0.1, 0.15) is 33.6 Å². The first kappa shape index (κ1) is 11.5. The fraction of sp³-hybridized carbons (Fsp3) is 0.909. The van der Waals surface area contributed by atoms with Crippen molar-refractivity contribution < 1.29 is 9.53 Å². The molecule has 1 aliphatic rings. The van der Waals surface area contributed by atoms with Gasteiger partial charge in [-0.1, -0.05) is 20.8 Å². The summed E-state index contributed by atoms with van der Waals surface area (Å²) in [6.07, 6.45) is 2.40. The predicted octanol–water partition coefficient (Wildman–Crippen LogP) is 1.67. The highest BCUT2D eigenvalue weighted by Gasteiger charge is 2.38. The van der Waals surface area contributed by atoms with Gasteiger partial charge in [0.25, 0.3) is 0 Å². The standard InChI is InChI=1S/C11H21NO2/c1-11(2,3)9(10(13)14-4)12-7-5-6-8-12/h9H,5-8H2,1-4H3. The number of likely N-dealkylation sites (tertiary alicyclic amines) is 1. The van der Waals surface area contributed by atoms with Gasteiger partial charge in [-0.2, -0.15) is 0 Å². The molecule has 0 saturated carbocycles. The zero-order chi connectivity index (χ0) is 10.8. The Kier molecular flexibility index (Phi) is 3.53. The zero-order valence-corrected chi connectivity index (χ0v) is 9.67. The van der Waals surface area contributed by atoms with Gasteiger partial charge in [-0.15, -0.1) is 0 Å². The number of carbonyl (C=O) groups is 1. The van der Waals surface area contributed by atoms with Crippen LogP contribution < -0.4 is 0 Å². The first-order chi connectivity index (χ1) is 6.46. The molecule has 0 radical (unpaired) electrons. The average molecular weight is 199 g/mol. The van der Waals surface area contributed by atoms with Gasteiger partial charge in [0.05, 0.1) is 7.11 Å². The van der Waals surface area contributed by atoms with E-state index in [4.69, 9.17) is 4.74 Å². The summed E-state index contributed by atoms with van der Waals surface area (Å²) < 4.78 is 4.87. The van der Waals surface area contributed by atoms with Crippen LogP contribution in [-0.2, 0) is 9.53 Å². The van der Waals surface area contributed by atoms with E-state index >= 15 is 0 Å². The molecule has 0 aliphatic carbocycles. The SMILES string of the molecule is COC(=O)C(N1CCCC1)C(C)(C)C. The van der Waals surface area contributed by atoms with Gasteiger partial charge in [-0.25, -0.2) is 0 Å². The number of esters is 1. The van der Waals surface area contributed by atoms with E-state index in [0.717, 1.165) is 13.1 Å². The van der Waals surface area contributed by atoms with E-state index in [1.807, 2.05) is 0 Å². The van der Waals surface area contributed by atoms with Crippen LogP contribution in [-0.4, -0.2) is 37.1 Å². The Morgan fingerprint density at radius 3 is 2.14 bits per heavy atom. The van der Waals surface area contributed by atoms with Gasteiger partial charge in [-0.3, -0.25) is 9.69 Å². The minimum Gasteiger partial charge on any atom is -0.468 e. The van der Waals surface area contributed by atoms with Crippen LogP contribution in [0.5, 0.6) is 0 Å². The Morgan fingerprint density at radius 1 is 1.29 bits per heavy atom. The Morgan fingerprint density at radius 2 is 1.79 bits per heavy atom. The summed E-state index contributed by atoms with van der Waals surface area (Å²) in [5.74, 6) is -0.0978. The number of methoxy groups -OCH3 is 1. The molecule has 3 nitrogen and oxygen atoms in total. The van der Waals surface area contributed by atoms with Crippen LogP contribution in [0, 0.1) is 5.41 Å². The molecule has 0 spiro atoms. The second-order valence-corrected chi connectivity index (χ2v) is 5.03. The molecule has 1 unspecified atom stereocenters. The molecule has 0 aromatic heterocycles. The van der Waals surface area contributed by atoms with Gasteiger partial charge in [0.2, 0.25) is 0 Å². The maximum absolute atomic E-state index is 11.7. The van der Waals surface area contributed by atoms with Gasteiger partial charge in [0.1, 0.15) is 6.04 Å². The molecule has 0 amide bonds. The minimum atomic E-state index is -0.0978. The molecule has 1 heterocycles. The minimum absolute atomic E-state index is 0.0442. The van der Waals surface area contributed by atoms with E-state index < -0.39 is 0 Å². The van der Waals surface area contributed by atoms with Crippen LogP contribution in [0.3, 0.4) is 0 Å². The first-order valence-electron chi connectivity index (χ1n) is 5.28. The van der Waals surface area contributed by atoms with Gasteiger partial charge >= 0.3 is 5.97 Å². The van der Waals surface area contributed by atoms with Crippen LogP contribution in [0.25, 0.3) is 0 Å². The van der Waals surface area contributed by atoms with Crippen molar-refractivity contribution in [2.45, 2.75) is 39.7 Å². The third-order valence-corrected chi connectivity index (χ3v) is 2.75. The van der Waals surface area contributed by atoms with Crippen molar-refractivity contribution in [3.63, 3.8) is 0 Å². The fourth-order valence-electron chi connectivity index (χ4n) is 2.16. The van der Waals surface area contributed by atoms with Crippen molar-refractivity contribution in [2.75, 3.05) is 20.2 Å². The molecule has 0 bridgehead atoms. The average Bonchev–Trinajstić information content (AvgIpc) is 2.54. The van der Waals surface area contributed by atoms with E-state index in [0.29, 0.717) is 0 Å². The lowest BCUT2D eigenvalue weighted by molar-refractivity contribution is -0.150. The molecule has 0 aromatic rings. The first-order valence-corrected chi connectivity index (χ1v) is 5.28. The highest BCUT2D eigenvalue weighted by Crippen LogP contribution is 2.28. The van der Waals surface area contributed by atoms with E-state index in [1.54, 1.807) is 0 Å². The molecule has 1 saturated heterocycles. The molecule has 1 fully saturated rings. The lowest BCUT2D eigenvalue weighted by Gasteiger charge is -2.35. The van der Waals surface area contributed by atoms with Crippen molar-refractivity contribution in [3.05, 3.63) is 0 Å². The molecule has 1 aliphatic heterocycles. The normalized spacial score (nSPS) is 20.9. The lowest BCUT2D eigenvalue weighted by Crippen LogP contribution is -2.48. The van der Waals surface area contributed by atoms with Crippen molar-refractivity contribution >= 4 is 5.97 Å². The monoisotopic (exact) mass is 199 g/mol. The van der Waals surface area contributed by atoms with Crippen LogP contribution in [0.4, 0.5) is 0 Å². The fourth-order valence-corrected chi connectivity index (χ4v) is 2.16. The summed E-state index contributed by atoms with van der Waals surface area (Å²) in [6, 6.07) is -0.0880. The summed E-state index contributed by atoms with van der Waals surface area (Å²) in [7, 11) is 1.47. The summed E-state index contributed by atoms with van der Waals surface area (Å²) in [5.41, 5.74) is -0.0442. The highest BCUT2D eigenvalue weighted by atomic mass is 16.5. The molecule has 14 heavy (non-hydrogen) atoms. The summed E-state index contributed by atoms with van der Waals surface area (Å²) in [4.78, 5) is 13.9. The summed E-state index contributed by atoms with van der Waals surface area (Å²) >= 11 is 0. The molecule has 0 aromatic carbocycles. The maximum atomic E-state index is 11.7. The summed E-state index contributed by atoms with van der Waals surface area (Å²) in [6.45, 7) is 8.32. The molecule has 3 heteroatoms. The number of rotatable bonds is 2.